The van der Waals surface area contributed by atoms with E-state index in [2.05, 4.69) is 15.6 Å². The second-order valence-corrected chi connectivity index (χ2v) is 10.4. The molecule has 0 saturated carbocycles. The largest absolute Gasteiger partial charge is 0.497 e. The van der Waals surface area contributed by atoms with Crippen molar-refractivity contribution in [2.75, 3.05) is 31.4 Å². The van der Waals surface area contributed by atoms with Gasteiger partial charge in [-0.2, -0.15) is 0 Å². The third-order valence-corrected chi connectivity index (χ3v) is 7.49. The maximum atomic E-state index is 14.0. The minimum absolute atomic E-state index is 0.0661. The third-order valence-electron chi connectivity index (χ3n) is 6.56. The highest BCUT2D eigenvalue weighted by molar-refractivity contribution is 7.10. The number of nitrogens with one attached hydrogen (secondary N) is 1. The molecule has 0 spiro atoms. The summed E-state index contributed by atoms with van der Waals surface area (Å²) < 4.78 is 6.87. The molecule has 0 fully saturated rings. The number of carbonyl (C=O) groups is 2. The number of amides is 2. The lowest BCUT2D eigenvalue weighted by Gasteiger charge is -2.31. The molecular formula is C30H30N6O3S. The number of para-hydroxylation sites is 1. The lowest BCUT2D eigenvalue weighted by Crippen LogP contribution is -2.42. The number of anilines is 2. The van der Waals surface area contributed by atoms with Gasteiger partial charge in [-0.3, -0.25) is 9.59 Å². The first kappa shape index (κ1) is 26.9. The molecule has 1 unspecified atom stereocenters. The Morgan fingerprint density at radius 3 is 2.40 bits per heavy atom. The lowest BCUT2D eigenvalue weighted by atomic mass is 10.1. The van der Waals surface area contributed by atoms with Gasteiger partial charge in [-0.1, -0.05) is 35.5 Å². The Labute approximate surface area is 236 Å². The Hall–Kier alpha value is -4.70. The van der Waals surface area contributed by atoms with Gasteiger partial charge in [0.25, 0.3) is 5.91 Å². The monoisotopic (exact) mass is 554 g/mol. The van der Waals surface area contributed by atoms with Crippen LogP contribution in [0.15, 0.2) is 90.3 Å². The highest BCUT2D eigenvalue weighted by Gasteiger charge is 2.33. The van der Waals surface area contributed by atoms with Gasteiger partial charge in [0.1, 0.15) is 23.9 Å². The number of carbonyl (C=O) groups excluding carboxylic acids is 2. The minimum atomic E-state index is -0.863. The average Bonchev–Trinajstić information content (AvgIpc) is 3.64. The van der Waals surface area contributed by atoms with Gasteiger partial charge in [0.15, 0.2) is 0 Å². The standard InChI is InChI=1S/C30H30N6O3S/c1-34(2)23-14-12-22(13-15-23)31-30(38)29(27-9-6-18-40-27)35(19-21-10-16-24(39-3)17-11-21)28(37)20-36-26-8-5-4-7-25(26)32-33-36/h4-18,29H,19-20H2,1-3H3,(H,31,38). The highest BCUT2D eigenvalue weighted by atomic mass is 32.1. The van der Waals surface area contributed by atoms with Crippen molar-refractivity contribution in [2.45, 2.75) is 19.1 Å². The fourth-order valence-corrected chi connectivity index (χ4v) is 5.26. The summed E-state index contributed by atoms with van der Waals surface area (Å²) in [6, 6.07) is 25.4. The van der Waals surface area contributed by atoms with E-state index in [-0.39, 0.29) is 24.9 Å². The van der Waals surface area contributed by atoms with Crippen LogP contribution in [-0.2, 0) is 22.7 Å². The number of methoxy groups -OCH3 is 1. The van der Waals surface area contributed by atoms with Crippen LogP contribution in [0.2, 0.25) is 0 Å². The van der Waals surface area contributed by atoms with E-state index in [1.807, 2.05) is 109 Å². The molecular weight excluding hydrogens is 524 g/mol. The zero-order chi connectivity index (χ0) is 28.1. The molecule has 10 heteroatoms. The molecule has 5 aromatic rings. The maximum absolute atomic E-state index is 14.0. The molecule has 0 radical (unpaired) electrons. The SMILES string of the molecule is COc1ccc(CN(C(=O)Cn2nnc3ccccc32)C(C(=O)Nc2ccc(N(C)C)cc2)c2cccs2)cc1. The van der Waals surface area contributed by atoms with E-state index in [1.54, 1.807) is 16.7 Å². The first-order valence-corrected chi connectivity index (χ1v) is 13.6. The van der Waals surface area contributed by atoms with Crippen LogP contribution in [-0.4, -0.2) is 52.9 Å². The zero-order valence-electron chi connectivity index (χ0n) is 22.5. The van der Waals surface area contributed by atoms with Crippen LogP contribution in [0.25, 0.3) is 11.0 Å². The van der Waals surface area contributed by atoms with E-state index >= 15 is 0 Å². The molecule has 0 aliphatic rings. The summed E-state index contributed by atoms with van der Waals surface area (Å²) in [5.41, 5.74) is 3.98. The fraction of sp³-hybridized carbons (Fsp3) is 0.200. The smallest absolute Gasteiger partial charge is 0.252 e. The van der Waals surface area contributed by atoms with Gasteiger partial charge < -0.3 is 19.9 Å². The Morgan fingerprint density at radius 2 is 1.73 bits per heavy atom. The predicted molar refractivity (Wildman–Crippen MR) is 158 cm³/mol. The number of benzene rings is 3. The molecule has 0 saturated heterocycles. The molecule has 40 heavy (non-hydrogen) atoms. The fourth-order valence-electron chi connectivity index (χ4n) is 4.43. The summed E-state index contributed by atoms with van der Waals surface area (Å²) in [5.74, 6) is 0.151. The third kappa shape index (κ3) is 5.97. The second-order valence-electron chi connectivity index (χ2n) is 9.45. The average molecular weight is 555 g/mol. The Balaban J connectivity index is 1.49. The Morgan fingerprint density at radius 1 is 0.975 bits per heavy atom. The van der Waals surface area contributed by atoms with E-state index in [4.69, 9.17) is 4.74 Å². The number of ether oxygens (including phenoxy) is 1. The van der Waals surface area contributed by atoms with E-state index in [9.17, 15) is 9.59 Å². The summed E-state index contributed by atoms with van der Waals surface area (Å²) in [7, 11) is 5.53. The Kier molecular flexibility index (Phi) is 8.07. The quantitative estimate of drug-likeness (QED) is 0.262. The molecule has 5 rings (SSSR count). The summed E-state index contributed by atoms with van der Waals surface area (Å²) in [6.07, 6.45) is 0. The van der Waals surface area contributed by atoms with Gasteiger partial charge in [-0.05, 0) is 65.5 Å². The molecule has 1 N–H and O–H groups in total. The molecule has 2 heterocycles. The minimum Gasteiger partial charge on any atom is -0.497 e. The van der Waals surface area contributed by atoms with Crippen LogP contribution < -0.4 is 15.0 Å². The van der Waals surface area contributed by atoms with Crippen molar-refractivity contribution in [3.63, 3.8) is 0 Å². The van der Waals surface area contributed by atoms with E-state index in [0.717, 1.165) is 21.6 Å². The number of hydrogen-bond donors (Lipinski definition) is 1. The number of fused-ring (bicyclic) bond motifs is 1. The second kappa shape index (κ2) is 12.0. The number of thiophene rings is 1. The van der Waals surface area contributed by atoms with Gasteiger partial charge in [0.2, 0.25) is 5.91 Å². The van der Waals surface area contributed by atoms with Crippen LogP contribution >= 0.6 is 11.3 Å². The number of aromatic nitrogens is 3. The predicted octanol–water partition coefficient (Wildman–Crippen LogP) is 4.98. The molecule has 9 nitrogen and oxygen atoms in total. The molecule has 204 valence electrons. The molecule has 0 aliphatic carbocycles. The van der Waals surface area contributed by atoms with E-state index in [0.29, 0.717) is 17.0 Å². The van der Waals surface area contributed by atoms with Gasteiger partial charge in [-0.25, -0.2) is 4.68 Å². The first-order chi connectivity index (χ1) is 19.4. The Bertz CT molecular complexity index is 1580. The summed E-state index contributed by atoms with van der Waals surface area (Å²) in [6.45, 7) is 0.147. The van der Waals surface area contributed by atoms with Gasteiger partial charge in [0.05, 0.1) is 12.6 Å². The highest BCUT2D eigenvalue weighted by Crippen LogP contribution is 2.30. The number of rotatable bonds is 10. The summed E-state index contributed by atoms with van der Waals surface area (Å²) in [4.78, 5) is 32.3. The van der Waals surface area contributed by atoms with Crippen molar-refractivity contribution < 1.29 is 14.3 Å². The van der Waals surface area contributed by atoms with Crippen molar-refractivity contribution in [3.8, 4) is 5.75 Å². The van der Waals surface area contributed by atoms with Crippen molar-refractivity contribution >= 4 is 45.6 Å². The molecule has 0 bridgehead atoms. The van der Waals surface area contributed by atoms with E-state index < -0.39 is 6.04 Å². The van der Waals surface area contributed by atoms with Crippen LogP contribution in [0, 0.1) is 0 Å². The molecule has 2 amide bonds. The number of hydrogen-bond acceptors (Lipinski definition) is 7. The van der Waals surface area contributed by atoms with Crippen LogP contribution in [0.5, 0.6) is 5.75 Å². The van der Waals surface area contributed by atoms with Crippen molar-refractivity contribution in [1.29, 1.82) is 0 Å². The lowest BCUT2D eigenvalue weighted by molar-refractivity contribution is -0.140. The van der Waals surface area contributed by atoms with Gasteiger partial charge in [0, 0.05) is 36.9 Å². The topological polar surface area (TPSA) is 92.6 Å². The van der Waals surface area contributed by atoms with Crippen LogP contribution in [0.4, 0.5) is 11.4 Å². The van der Waals surface area contributed by atoms with Gasteiger partial charge in [-0.15, -0.1) is 16.4 Å². The summed E-state index contributed by atoms with van der Waals surface area (Å²) in [5, 5.41) is 13.3. The van der Waals surface area contributed by atoms with Crippen molar-refractivity contribution in [2.24, 2.45) is 0 Å². The first-order valence-electron chi connectivity index (χ1n) is 12.7. The van der Waals surface area contributed by atoms with Crippen molar-refractivity contribution in [3.05, 3.63) is 101 Å². The zero-order valence-corrected chi connectivity index (χ0v) is 23.3. The molecule has 3 aromatic carbocycles. The van der Waals surface area contributed by atoms with Crippen molar-refractivity contribution in [1.82, 2.24) is 19.9 Å². The summed E-state index contributed by atoms with van der Waals surface area (Å²) >= 11 is 1.43. The van der Waals surface area contributed by atoms with E-state index in [1.165, 1.54) is 11.3 Å². The van der Waals surface area contributed by atoms with Crippen LogP contribution in [0.1, 0.15) is 16.5 Å². The maximum Gasteiger partial charge on any atom is 0.252 e. The molecule has 2 aromatic heterocycles. The molecule has 0 aliphatic heterocycles. The van der Waals surface area contributed by atoms with Crippen LogP contribution in [0.3, 0.4) is 0 Å². The molecule has 1 atom stereocenters. The normalized spacial score (nSPS) is 11.7. The number of nitrogens with zero attached hydrogens (tertiary/aromatic N) is 5. The van der Waals surface area contributed by atoms with Gasteiger partial charge >= 0.3 is 0 Å².